The Morgan fingerprint density at radius 1 is 1.17 bits per heavy atom. The number of hydrogen-bond acceptors (Lipinski definition) is 5. The number of pyridine rings is 1. The van der Waals surface area contributed by atoms with Crippen LogP contribution < -0.4 is 14.8 Å². The van der Waals surface area contributed by atoms with Crippen molar-refractivity contribution in [3.63, 3.8) is 0 Å². The van der Waals surface area contributed by atoms with Crippen LogP contribution in [0.4, 0.5) is 5.82 Å². The van der Waals surface area contributed by atoms with E-state index < -0.39 is 0 Å². The van der Waals surface area contributed by atoms with E-state index in [1.807, 2.05) is 51.2 Å². The fraction of sp³-hybridized carbons (Fsp3) is 0.333. The number of anilines is 1. The molecule has 0 saturated carbocycles. The molecule has 2 aromatic rings. The average Bonchev–Trinajstić information content (AvgIpc) is 2.57. The van der Waals surface area contributed by atoms with Crippen LogP contribution in [0.2, 0.25) is 0 Å². The van der Waals surface area contributed by atoms with Crippen molar-refractivity contribution in [1.29, 1.82) is 0 Å². The quantitative estimate of drug-likeness (QED) is 0.620. The second-order valence-electron chi connectivity index (χ2n) is 4.95. The van der Waals surface area contributed by atoms with Crippen LogP contribution in [0.15, 0.2) is 36.4 Å². The highest BCUT2D eigenvalue weighted by molar-refractivity contribution is 5.79. The van der Waals surface area contributed by atoms with Crippen LogP contribution in [0.25, 0.3) is 11.3 Å². The standard InChI is InChI=1S/C18H22N2O3/c1-4-8-17(21)23-18-13(9-6-11-15(18)22-5-2)14-10-7-12-16(19-3)20-14/h6-7,9-12H,4-5,8H2,1-3H3,(H,19,20). The molecular weight excluding hydrogens is 292 g/mol. The summed E-state index contributed by atoms with van der Waals surface area (Å²) in [5.74, 6) is 1.44. The molecule has 2 rings (SSSR count). The first-order valence-electron chi connectivity index (χ1n) is 7.81. The first-order chi connectivity index (χ1) is 11.2. The molecule has 1 aromatic carbocycles. The van der Waals surface area contributed by atoms with Gasteiger partial charge in [-0.15, -0.1) is 0 Å². The monoisotopic (exact) mass is 314 g/mol. The average molecular weight is 314 g/mol. The van der Waals surface area contributed by atoms with E-state index in [9.17, 15) is 4.79 Å². The van der Waals surface area contributed by atoms with Gasteiger partial charge in [0.05, 0.1) is 12.3 Å². The third-order valence-corrected chi connectivity index (χ3v) is 3.23. The predicted molar refractivity (Wildman–Crippen MR) is 90.9 cm³/mol. The molecule has 5 heteroatoms. The molecule has 0 saturated heterocycles. The summed E-state index contributed by atoms with van der Waals surface area (Å²) in [6, 6.07) is 11.2. The molecule has 0 bridgehead atoms. The number of rotatable bonds is 7. The summed E-state index contributed by atoms with van der Waals surface area (Å²) < 4.78 is 11.2. The Hall–Kier alpha value is -2.56. The third-order valence-electron chi connectivity index (χ3n) is 3.23. The van der Waals surface area contributed by atoms with E-state index in [4.69, 9.17) is 9.47 Å². The van der Waals surface area contributed by atoms with E-state index >= 15 is 0 Å². The number of esters is 1. The second kappa shape index (κ2) is 8.17. The SMILES string of the molecule is CCCC(=O)Oc1c(OCC)cccc1-c1cccc(NC)n1. The fourth-order valence-electron chi connectivity index (χ4n) is 2.18. The van der Waals surface area contributed by atoms with Gasteiger partial charge in [0, 0.05) is 19.0 Å². The molecule has 1 aromatic heterocycles. The van der Waals surface area contributed by atoms with Crippen molar-refractivity contribution in [2.45, 2.75) is 26.7 Å². The van der Waals surface area contributed by atoms with Gasteiger partial charge in [-0.2, -0.15) is 0 Å². The first-order valence-corrected chi connectivity index (χ1v) is 7.81. The van der Waals surface area contributed by atoms with Gasteiger partial charge in [0.15, 0.2) is 11.5 Å². The maximum absolute atomic E-state index is 12.0. The highest BCUT2D eigenvalue weighted by Gasteiger charge is 2.17. The Kier molecular flexibility index (Phi) is 5.97. The van der Waals surface area contributed by atoms with Crippen LogP contribution in [0, 0.1) is 0 Å². The number of para-hydroxylation sites is 1. The Labute approximate surface area is 136 Å². The lowest BCUT2D eigenvalue weighted by Crippen LogP contribution is -2.09. The highest BCUT2D eigenvalue weighted by Crippen LogP contribution is 2.38. The zero-order chi connectivity index (χ0) is 16.7. The number of nitrogens with one attached hydrogen (secondary N) is 1. The first kappa shape index (κ1) is 16.8. The molecule has 0 atom stereocenters. The summed E-state index contributed by atoms with van der Waals surface area (Å²) in [5, 5.41) is 3.01. The van der Waals surface area contributed by atoms with Crippen molar-refractivity contribution in [1.82, 2.24) is 4.98 Å². The van der Waals surface area contributed by atoms with E-state index in [1.165, 1.54) is 0 Å². The molecule has 1 N–H and O–H groups in total. The molecule has 0 spiro atoms. The van der Waals surface area contributed by atoms with E-state index in [1.54, 1.807) is 6.07 Å². The summed E-state index contributed by atoms with van der Waals surface area (Å²) >= 11 is 0. The largest absolute Gasteiger partial charge is 0.490 e. The Bertz CT molecular complexity index is 671. The molecule has 122 valence electrons. The maximum Gasteiger partial charge on any atom is 0.311 e. The number of hydrogen-bond donors (Lipinski definition) is 1. The van der Waals surface area contributed by atoms with Gasteiger partial charge in [0.1, 0.15) is 5.82 Å². The zero-order valence-electron chi connectivity index (χ0n) is 13.8. The van der Waals surface area contributed by atoms with Gasteiger partial charge in [0.2, 0.25) is 0 Å². The minimum atomic E-state index is -0.273. The van der Waals surface area contributed by atoms with Crippen molar-refractivity contribution >= 4 is 11.8 Å². The van der Waals surface area contributed by atoms with E-state index in [0.717, 1.165) is 23.5 Å². The van der Waals surface area contributed by atoms with Crippen molar-refractivity contribution in [3.8, 4) is 22.8 Å². The third kappa shape index (κ3) is 4.22. The molecule has 0 aliphatic carbocycles. The number of benzene rings is 1. The molecule has 0 aliphatic rings. The molecule has 0 aliphatic heterocycles. The summed E-state index contributed by atoms with van der Waals surface area (Å²) in [6.07, 6.45) is 1.10. The van der Waals surface area contributed by atoms with Gasteiger partial charge in [-0.05, 0) is 37.6 Å². The van der Waals surface area contributed by atoms with Crippen molar-refractivity contribution in [2.75, 3.05) is 19.0 Å². The Balaban J connectivity index is 2.48. The minimum absolute atomic E-state index is 0.273. The van der Waals surface area contributed by atoms with Gasteiger partial charge in [-0.25, -0.2) is 4.98 Å². The van der Waals surface area contributed by atoms with Crippen molar-refractivity contribution in [3.05, 3.63) is 36.4 Å². The molecule has 0 unspecified atom stereocenters. The molecule has 0 fully saturated rings. The van der Waals surface area contributed by atoms with Crippen molar-refractivity contribution < 1.29 is 14.3 Å². The number of carbonyl (C=O) groups excluding carboxylic acids is 1. The molecule has 23 heavy (non-hydrogen) atoms. The minimum Gasteiger partial charge on any atom is -0.490 e. The summed E-state index contributed by atoms with van der Waals surface area (Å²) in [6.45, 7) is 4.32. The number of aromatic nitrogens is 1. The Morgan fingerprint density at radius 3 is 2.65 bits per heavy atom. The molecule has 1 heterocycles. The number of nitrogens with zero attached hydrogens (tertiary/aromatic N) is 1. The second-order valence-corrected chi connectivity index (χ2v) is 4.95. The summed E-state index contributed by atoms with van der Waals surface area (Å²) in [4.78, 5) is 16.5. The van der Waals surface area contributed by atoms with Crippen LogP contribution >= 0.6 is 0 Å². The van der Waals surface area contributed by atoms with Crippen LogP contribution in [-0.2, 0) is 4.79 Å². The summed E-state index contributed by atoms with van der Waals surface area (Å²) in [5.41, 5.74) is 1.45. The maximum atomic E-state index is 12.0. The van der Waals surface area contributed by atoms with Gasteiger partial charge in [-0.1, -0.05) is 19.1 Å². The number of carbonyl (C=O) groups is 1. The predicted octanol–water partition coefficient (Wildman–Crippen LogP) is 3.89. The van der Waals surface area contributed by atoms with Crippen LogP contribution in [0.5, 0.6) is 11.5 Å². The highest BCUT2D eigenvalue weighted by atomic mass is 16.6. The van der Waals surface area contributed by atoms with E-state index in [-0.39, 0.29) is 5.97 Å². The fourth-order valence-corrected chi connectivity index (χ4v) is 2.18. The molecule has 0 amide bonds. The summed E-state index contributed by atoms with van der Waals surface area (Å²) in [7, 11) is 1.81. The molecule has 5 nitrogen and oxygen atoms in total. The van der Waals surface area contributed by atoms with E-state index in [0.29, 0.717) is 24.5 Å². The number of ether oxygens (including phenoxy) is 2. The molecular formula is C18H22N2O3. The van der Waals surface area contributed by atoms with Crippen LogP contribution in [-0.4, -0.2) is 24.6 Å². The molecule has 0 radical (unpaired) electrons. The van der Waals surface area contributed by atoms with Crippen molar-refractivity contribution in [2.24, 2.45) is 0 Å². The zero-order valence-corrected chi connectivity index (χ0v) is 13.8. The smallest absolute Gasteiger partial charge is 0.311 e. The van der Waals surface area contributed by atoms with Crippen LogP contribution in [0.3, 0.4) is 0 Å². The van der Waals surface area contributed by atoms with Gasteiger partial charge >= 0.3 is 5.97 Å². The Morgan fingerprint density at radius 2 is 1.96 bits per heavy atom. The van der Waals surface area contributed by atoms with Gasteiger partial charge < -0.3 is 14.8 Å². The lowest BCUT2D eigenvalue weighted by Gasteiger charge is -2.15. The normalized spacial score (nSPS) is 10.2. The van der Waals surface area contributed by atoms with Gasteiger partial charge in [0.25, 0.3) is 0 Å². The van der Waals surface area contributed by atoms with Gasteiger partial charge in [-0.3, -0.25) is 4.79 Å². The van der Waals surface area contributed by atoms with Crippen LogP contribution in [0.1, 0.15) is 26.7 Å². The lowest BCUT2D eigenvalue weighted by atomic mass is 10.1. The lowest BCUT2D eigenvalue weighted by molar-refractivity contribution is -0.134. The van der Waals surface area contributed by atoms with E-state index in [2.05, 4.69) is 10.3 Å². The topological polar surface area (TPSA) is 60.5 Å².